The standard InChI is InChI=1S/C9H8ClN3O2/c1-15-7(14)4-2-3-6-5-12-9(11)13-8(6)10/h5H,4H2,1H3,(H2,11,12,13). The van der Waals surface area contributed by atoms with E-state index < -0.39 is 5.97 Å². The molecule has 0 aliphatic rings. The Morgan fingerprint density at radius 1 is 1.73 bits per heavy atom. The van der Waals surface area contributed by atoms with Crippen molar-refractivity contribution in [3.8, 4) is 11.8 Å². The lowest BCUT2D eigenvalue weighted by atomic mass is 10.3. The van der Waals surface area contributed by atoms with Crippen LogP contribution in [0.15, 0.2) is 6.20 Å². The van der Waals surface area contributed by atoms with Crippen LogP contribution in [0.1, 0.15) is 12.0 Å². The van der Waals surface area contributed by atoms with E-state index in [9.17, 15) is 4.79 Å². The molecule has 0 radical (unpaired) electrons. The van der Waals surface area contributed by atoms with Crippen molar-refractivity contribution in [2.45, 2.75) is 6.42 Å². The Balaban J connectivity index is 2.76. The van der Waals surface area contributed by atoms with Gasteiger partial charge >= 0.3 is 5.97 Å². The summed E-state index contributed by atoms with van der Waals surface area (Å²) in [6.45, 7) is 0. The minimum absolute atomic E-state index is 0.00277. The van der Waals surface area contributed by atoms with Crippen molar-refractivity contribution in [1.29, 1.82) is 0 Å². The number of aromatic nitrogens is 2. The smallest absolute Gasteiger partial charge is 0.317 e. The topological polar surface area (TPSA) is 78.1 Å². The summed E-state index contributed by atoms with van der Waals surface area (Å²) in [5.41, 5.74) is 5.72. The zero-order chi connectivity index (χ0) is 11.3. The van der Waals surface area contributed by atoms with E-state index in [-0.39, 0.29) is 17.5 Å². The van der Waals surface area contributed by atoms with Crippen molar-refractivity contribution in [3.05, 3.63) is 16.9 Å². The van der Waals surface area contributed by atoms with E-state index in [2.05, 4.69) is 26.5 Å². The average molecular weight is 226 g/mol. The van der Waals surface area contributed by atoms with Gasteiger partial charge in [0.2, 0.25) is 5.95 Å². The molecule has 1 aromatic rings. The van der Waals surface area contributed by atoms with Gasteiger partial charge in [-0.15, -0.1) is 0 Å². The Morgan fingerprint density at radius 3 is 3.07 bits per heavy atom. The van der Waals surface area contributed by atoms with Crippen molar-refractivity contribution < 1.29 is 9.53 Å². The molecule has 1 heterocycles. The molecule has 0 aliphatic carbocycles. The number of halogens is 1. The Morgan fingerprint density at radius 2 is 2.47 bits per heavy atom. The first-order valence-electron chi connectivity index (χ1n) is 3.97. The number of hydrogen-bond acceptors (Lipinski definition) is 5. The molecule has 0 saturated carbocycles. The number of anilines is 1. The predicted molar refractivity (Wildman–Crippen MR) is 55.0 cm³/mol. The van der Waals surface area contributed by atoms with Crippen LogP contribution >= 0.6 is 11.6 Å². The highest BCUT2D eigenvalue weighted by Gasteiger charge is 2.00. The van der Waals surface area contributed by atoms with Gasteiger partial charge in [-0.3, -0.25) is 4.79 Å². The molecule has 0 atom stereocenters. The number of hydrogen-bond donors (Lipinski definition) is 1. The van der Waals surface area contributed by atoms with E-state index >= 15 is 0 Å². The van der Waals surface area contributed by atoms with Crippen molar-refractivity contribution in [2.24, 2.45) is 0 Å². The van der Waals surface area contributed by atoms with Gasteiger partial charge in [-0.05, 0) is 0 Å². The SMILES string of the molecule is COC(=O)CC#Cc1cnc(N)nc1Cl. The lowest BCUT2D eigenvalue weighted by Gasteiger charge is -1.95. The third kappa shape index (κ3) is 3.44. The molecule has 0 spiro atoms. The monoisotopic (exact) mass is 225 g/mol. The molecule has 5 nitrogen and oxygen atoms in total. The number of carbonyl (C=O) groups is 1. The van der Waals surface area contributed by atoms with Crippen LogP contribution in [0.2, 0.25) is 5.15 Å². The summed E-state index contributed by atoms with van der Waals surface area (Å²) in [6, 6.07) is 0. The van der Waals surface area contributed by atoms with E-state index in [1.54, 1.807) is 0 Å². The molecular formula is C9H8ClN3O2. The zero-order valence-electron chi connectivity index (χ0n) is 7.95. The second-order valence-electron chi connectivity index (χ2n) is 2.49. The molecule has 2 N–H and O–H groups in total. The summed E-state index contributed by atoms with van der Waals surface area (Å²) >= 11 is 5.73. The van der Waals surface area contributed by atoms with Gasteiger partial charge in [-0.2, -0.15) is 4.98 Å². The van der Waals surface area contributed by atoms with E-state index in [0.717, 1.165) is 0 Å². The fraction of sp³-hybridized carbons (Fsp3) is 0.222. The van der Waals surface area contributed by atoms with Gasteiger partial charge < -0.3 is 10.5 Å². The predicted octanol–water partition coefficient (Wildman–Crippen LogP) is 0.627. The normalized spacial score (nSPS) is 8.93. The summed E-state index contributed by atoms with van der Waals surface area (Å²) in [5, 5.41) is 0.167. The van der Waals surface area contributed by atoms with E-state index in [0.29, 0.717) is 5.56 Å². The fourth-order valence-electron chi connectivity index (χ4n) is 0.741. The Hall–Kier alpha value is -1.80. The van der Waals surface area contributed by atoms with Gasteiger partial charge in [-0.1, -0.05) is 23.4 Å². The van der Waals surface area contributed by atoms with Crippen LogP contribution in [-0.4, -0.2) is 23.0 Å². The van der Waals surface area contributed by atoms with Crippen LogP contribution in [0.4, 0.5) is 5.95 Å². The maximum atomic E-state index is 10.7. The minimum Gasteiger partial charge on any atom is -0.468 e. The fourth-order valence-corrected chi connectivity index (χ4v) is 0.924. The first-order chi connectivity index (χ1) is 7.13. The third-order valence-electron chi connectivity index (χ3n) is 1.44. The van der Waals surface area contributed by atoms with Gasteiger partial charge in [0.1, 0.15) is 11.6 Å². The number of nitrogens with zero attached hydrogens (tertiary/aromatic N) is 2. The van der Waals surface area contributed by atoms with Gasteiger partial charge in [0.05, 0.1) is 12.7 Å². The largest absolute Gasteiger partial charge is 0.468 e. The van der Waals surface area contributed by atoms with Crippen LogP contribution in [0.3, 0.4) is 0 Å². The number of methoxy groups -OCH3 is 1. The third-order valence-corrected chi connectivity index (χ3v) is 1.73. The highest BCUT2D eigenvalue weighted by Crippen LogP contribution is 2.10. The molecule has 0 fully saturated rings. The summed E-state index contributed by atoms with van der Waals surface area (Å²) < 4.78 is 4.41. The molecule has 0 aromatic carbocycles. The van der Waals surface area contributed by atoms with Crippen LogP contribution in [-0.2, 0) is 9.53 Å². The van der Waals surface area contributed by atoms with E-state index in [1.807, 2.05) is 0 Å². The molecule has 15 heavy (non-hydrogen) atoms. The Kier molecular flexibility index (Phi) is 3.89. The number of nitrogens with two attached hydrogens (primary N) is 1. The molecule has 1 aromatic heterocycles. The molecule has 0 amide bonds. The molecule has 6 heteroatoms. The number of rotatable bonds is 1. The maximum Gasteiger partial charge on any atom is 0.317 e. The number of carbonyl (C=O) groups excluding carboxylic acids is 1. The maximum absolute atomic E-state index is 10.7. The van der Waals surface area contributed by atoms with Crippen molar-refractivity contribution in [3.63, 3.8) is 0 Å². The van der Waals surface area contributed by atoms with Crippen LogP contribution < -0.4 is 5.73 Å². The van der Waals surface area contributed by atoms with E-state index in [4.69, 9.17) is 17.3 Å². The molecular weight excluding hydrogens is 218 g/mol. The van der Waals surface area contributed by atoms with Gasteiger partial charge in [0, 0.05) is 6.20 Å². The highest BCUT2D eigenvalue weighted by molar-refractivity contribution is 6.30. The number of nitrogen functional groups attached to an aromatic ring is 1. The van der Waals surface area contributed by atoms with Crippen molar-refractivity contribution in [1.82, 2.24) is 9.97 Å². The molecule has 1 rings (SSSR count). The summed E-state index contributed by atoms with van der Waals surface area (Å²) in [5.74, 6) is 4.90. The van der Waals surface area contributed by atoms with Gasteiger partial charge in [0.15, 0.2) is 0 Å². The number of esters is 1. The van der Waals surface area contributed by atoms with Crippen molar-refractivity contribution in [2.75, 3.05) is 12.8 Å². The lowest BCUT2D eigenvalue weighted by molar-refractivity contribution is -0.139. The Bertz CT molecular complexity index is 437. The second-order valence-corrected chi connectivity index (χ2v) is 2.85. The quantitative estimate of drug-likeness (QED) is 0.431. The Labute approximate surface area is 91.6 Å². The van der Waals surface area contributed by atoms with Gasteiger partial charge in [0.25, 0.3) is 0 Å². The molecule has 78 valence electrons. The lowest BCUT2D eigenvalue weighted by Crippen LogP contribution is -1.98. The van der Waals surface area contributed by atoms with Crippen LogP contribution in [0.5, 0.6) is 0 Å². The first kappa shape index (κ1) is 11.3. The van der Waals surface area contributed by atoms with Crippen molar-refractivity contribution >= 4 is 23.5 Å². The first-order valence-corrected chi connectivity index (χ1v) is 4.35. The summed E-state index contributed by atoms with van der Waals surface area (Å²) in [7, 11) is 1.29. The molecule has 0 aliphatic heterocycles. The molecule has 0 saturated heterocycles. The minimum atomic E-state index is -0.407. The molecule has 0 unspecified atom stereocenters. The summed E-state index contributed by atoms with van der Waals surface area (Å²) in [4.78, 5) is 18.2. The highest BCUT2D eigenvalue weighted by atomic mass is 35.5. The molecule has 0 bridgehead atoms. The zero-order valence-corrected chi connectivity index (χ0v) is 8.71. The average Bonchev–Trinajstić information content (AvgIpc) is 2.21. The number of ether oxygens (including phenoxy) is 1. The second kappa shape index (κ2) is 5.17. The van der Waals surface area contributed by atoms with Crippen LogP contribution in [0, 0.1) is 11.8 Å². The van der Waals surface area contributed by atoms with E-state index in [1.165, 1.54) is 13.3 Å². The summed E-state index contributed by atoms with van der Waals surface area (Å²) in [6.07, 6.45) is 1.39. The van der Waals surface area contributed by atoms with Crippen LogP contribution in [0.25, 0.3) is 0 Å². The van der Waals surface area contributed by atoms with Gasteiger partial charge in [-0.25, -0.2) is 4.98 Å².